The monoisotopic (exact) mass is 210 g/mol. The maximum atomic E-state index is 12.4. The molecule has 1 amide bonds. The molecule has 1 atom stereocenters. The Labute approximate surface area is 80.0 Å². The van der Waals surface area contributed by atoms with E-state index in [1.54, 1.807) is 0 Å². The zero-order valence-electron chi connectivity index (χ0n) is 8.06. The summed E-state index contributed by atoms with van der Waals surface area (Å²) in [4.78, 5) is 12.5. The van der Waals surface area contributed by atoms with Gasteiger partial charge >= 0.3 is 6.18 Å². The molecule has 2 N–H and O–H groups in total. The summed E-state index contributed by atoms with van der Waals surface area (Å²) in [6, 6.07) is -0.0623. The second-order valence-electron chi connectivity index (χ2n) is 3.85. The molecule has 1 aliphatic rings. The van der Waals surface area contributed by atoms with Gasteiger partial charge in [0.2, 0.25) is 0 Å². The molecular weight excluding hydrogens is 197 g/mol. The van der Waals surface area contributed by atoms with Gasteiger partial charge in [-0.05, 0) is 19.8 Å². The first-order valence-corrected chi connectivity index (χ1v) is 4.31. The van der Waals surface area contributed by atoms with Crippen molar-refractivity contribution >= 4 is 5.91 Å². The standard InChI is InChI=1S/C8H13F3N2O/c1-7(12,8(9,10)11)6(14)13(2)5-3-4-5/h5H,3-4,12H2,1-2H3. The van der Waals surface area contributed by atoms with Crippen LogP contribution >= 0.6 is 0 Å². The highest BCUT2D eigenvalue weighted by Gasteiger charge is 2.56. The molecule has 0 aromatic rings. The van der Waals surface area contributed by atoms with Gasteiger partial charge in [-0.25, -0.2) is 0 Å². The van der Waals surface area contributed by atoms with E-state index >= 15 is 0 Å². The van der Waals surface area contributed by atoms with Crippen molar-refractivity contribution in [1.82, 2.24) is 4.90 Å². The average molecular weight is 210 g/mol. The Bertz CT molecular complexity index is 245. The topological polar surface area (TPSA) is 46.3 Å². The number of rotatable bonds is 2. The van der Waals surface area contributed by atoms with Crippen molar-refractivity contribution < 1.29 is 18.0 Å². The molecule has 0 spiro atoms. The van der Waals surface area contributed by atoms with Crippen molar-refractivity contribution in [2.75, 3.05) is 7.05 Å². The summed E-state index contributed by atoms with van der Waals surface area (Å²) in [5.74, 6) is -1.06. The van der Waals surface area contributed by atoms with Gasteiger partial charge in [-0.15, -0.1) is 0 Å². The number of nitrogens with zero attached hydrogens (tertiary/aromatic N) is 1. The maximum absolute atomic E-state index is 12.4. The van der Waals surface area contributed by atoms with Crippen molar-refractivity contribution in [3.63, 3.8) is 0 Å². The lowest BCUT2D eigenvalue weighted by atomic mass is 10.0. The molecule has 0 aromatic heterocycles. The minimum absolute atomic E-state index is 0.0623. The fraction of sp³-hybridized carbons (Fsp3) is 0.875. The molecule has 82 valence electrons. The number of alkyl halides is 3. The third kappa shape index (κ3) is 1.84. The van der Waals surface area contributed by atoms with Crippen LogP contribution in [0.5, 0.6) is 0 Å². The molecule has 14 heavy (non-hydrogen) atoms. The van der Waals surface area contributed by atoms with E-state index in [0.29, 0.717) is 6.92 Å². The smallest absolute Gasteiger partial charge is 0.341 e. The van der Waals surface area contributed by atoms with Crippen molar-refractivity contribution in [3.05, 3.63) is 0 Å². The fourth-order valence-electron chi connectivity index (χ4n) is 1.12. The molecule has 0 aliphatic heterocycles. The second-order valence-corrected chi connectivity index (χ2v) is 3.85. The van der Waals surface area contributed by atoms with E-state index in [4.69, 9.17) is 5.73 Å². The Morgan fingerprint density at radius 3 is 2.14 bits per heavy atom. The summed E-state index contributed by atoms with van der Waals surface area (Å²) in [6.45, 7) is 0.703. The van der Waals surface area contributed by atoms with Crippen LogP contribution in [-0.2, 0) is 4.79 Å². The molecule has 0 saturated heterocycles. The fourth-order valence-corrected chi connectivity index (χ4v) is 1.12. The first kappa shape index (κ1) is 11.3. The highest BCUT2D eigenvalue weighted by Crippen LogP contribution is 2.33. The Morgan fingerprint density at radius 1 is 1.43 bits per heavy atom. The van der Waals surface area contributed by atoms with Crippen molar-refractivity contribution in [2.45, 2.75) is 37.5 Å². The lowest BCUT2D eigenvalue weighted by Crippen LogP contribution is -2.61. The van der Waals surface area contributed by atoms with Gasteiger partial charge in [0.15, 0.2) is 5.54 Å². The minimum Gasteiger partial charge on any atom is -0.341 e. The van der Waals surface area contributed by atoms with Crippen molar-refractivity contribution in [1.29, 1.82) is 0 Å². The lowest BCUT2D eigenvalue weighted by Gasteiger charge is -2.30. The molecule has 1 fully saturated rings. The zero-order valence-corrected chi connectivity index (χ0v) is 8.06. The van der Waals surface area contributed by atoms with Gasteiger partial charge in [-0.2, -0.15) is 13.2 Å². The van der Waals surface area contributed by atoms with Gasteiger partial charge in [-0.1, -0.05) is 0 Å². The molecule has 0 bridgehead atoms. The van der Waals surface area contributed by atoms with Crippen LogP contribution in [0.15, 0.2) is 0 Å². The number of hydrogen-bond donors (Lipinski definition) is 1. The van der Waals surface area contributed by atoms with Crippen LogP contribution < -0.4 is 5.73 Å². The number of hydrogen-bond acceptors (Lipinski definition) is 2. The molecule has 1 unspecified atom stereocenters. The van der Waals surface area contributed by atoms with Crippen LogP contribution in [0.1, 0.15) is 19.8 Å². The van der Waals surface area contributed by atoms with Gasteiger partial charge in [0.05, 0.1) is 0 Å². The molecule has 1 rings (SSSR count). The largest absolute Gasteiger partial charge is 0.415 e. The number of carbonyl (C=O) groups excluding carboxylic acids is 1. The number of halogens is 3. The Hall–Kier alpha value is -0.780. The third-order valence-electron chi connectivity index (χ3n) is 2.45. The highest BCUT2D eigenvalue weighted by molar-refractivity contribution is 5.87. The number of nitrogens with two attached hydrogens (primary N) is 1. The highest BCUT2D eigenvalue weighted by atomic mass is 19.4. The van der Waals surface area contributed by atoms with E-state index < -0.39 is 17.6 Å². The van der Waals surface area contributed by atoms with Crippen LogP contribution in [0.3, 0.4) is 0 Å². The van der Waals surface area contributed by atoms with Gasteiger partial charge in [-0.3, -0.25) is 4.79 Å². The van der Waals surface area contributed by atoms with E-state index in [2.05, 4.69) is 0 Å². The molecule has 1 aliphatic carbocycles. The first-order valence-electron chi connectivity index (χ1n) is 4.31. The molecule has 6 heteroatoms. The minimum atomic E-state index is -4.70. The van der Waals surface area contributed by atoms with E-state index in [-0.39, 0.29) is 6.04 Å². The predicted molar refractivity (Wildman–Crippen MR) is 44.4 cm³/mol. The second kappa shape index (κ2) is 3.12. The van der Waals surface area contributed by atoms with E-state index in [1.807, 2.05) is 0 Å². The summed E-state index contributed by atoms with van der Waals surface area (Å²) in [5.41, 5.74) is 2.21. The quantitative estimate of drug-likeness (QED) is 0.735. The summed E-state index contributed by atoms with van der Waals surface area (Å²) in [6.07, 6.45) is -3.18. The molecule has 0 aromatic carbocycles. The van der Waals surface area contributed by atoms with Crippen LogP contribution in [0, 0.1) is 0 Å². The SMILES string of the molecule is CN(C(=O)C(C)(N)C(F)(F)F)C1CC1. The van der Waals surface area contributed by atoms with Crippen molar-refractivity contribution in [3.8, 4) is 0 Å². The Morgan fingerprint density at radius 2 is 1.86 bits per heavy atom. The van der Waals surface area contributed by atoms with E-state index in [0.717, 1.165) is 17.7 Å². The molecule has 0 heterocycles. The normalized spacial score (nSPS) is 21.6. The number of carbonyl (C=O) groups is 1. The van der Waals surface area contributed by atoms with Crippen LogP contribution in [0.4, 0.5) is 13.2 Å². The molecule has 0 radical (unpaired) electrons. The third-order valence-corrected chi connectivity index (χ3v) is 2.45. The molecule has 1 saturated carbocycles. The molecule has 3 nitrogen and oxygen atoms in total. The Kier molecular flexibility index (Phi) is 2.51. The summed E-state index contributed by atoms with van der Waals surface area (Å²) >= 11 is 0. The van der Waals surface area contributed by atoms with Gasteiger partial charge in [0.1, 0.15) is 0 Å². The number of amides is 1. The maximum Gasteiger partial charge on any atom is 0.415 e. The average Bonchev–Trinajstić information content (AvgIpc) is 2.81. The first-order chi connectivity index (χ1) is 6.18. The van der Waals surface area contributed by atoms with Gasteiger partial charge in [0.25, 0.3) is 5.91 Å². The van der Waals surface area contributed by atoms with Crippen LogP contribution in [0.25, 0.3) is 0 Å². The lowest BCUT2D eigenvalue weighted by molar-refractivity contribution is -0.193. The molecular formula is C8H13F3N2O. The van der Waals surface area contributed by atoms with Crippen LogP contribution in [-0.4, -0.2) is 35.6 Å². The van der Waals surface area contributed by atoms with E-state index in [1.165, 1.54) is 7.05 Å². The number of likely N-dealkylation sites (N-methyl/N-ethyl adjacent to an activating group) is 1. The van der Waals surface area contributed by atoms with Gasteiger partial charge in [0, 0.05) is 13.1 Å². The predicted octanol–water partition coefficient (Wildman–Crippen LogP) is 0.887. The van der Waals surface area contributed by atoms with Crippen molar-refractivity contribution in [2.24, 2.45) is 5.73 Å². The summed E-state index contributed by atoms with van der Waals surface area (Å²) < 4.78 is 37.1. The summed E-state index contributed by atoms with van der Waals surface area (Å²) in [5, 5.41) is 0. The van der Waals surface area contributed by atoms with Crippen LogP contribution in [0.2, 0.25) is 0 Å². The zero-order chi connectivity index (χ0) is 11.1. The van der Waals surface area contributed by atoms with Gasteiger partial charge < -0.3 is 10.6 Å². The van der Waals surface area contributed by atoms with E-state index in [9.17, 15) is 18.0 Å². The Balaban J connectivity index is 2.76. The summed E-state index contributed by atoms with van der Waals surface area (Å²) in [7, 11) is 1.36.